The summed E-state index contributed by atoms with van der Waals surface area (Å²) in [6.45, 7) is 1.82. The highest BCUT2D eigenvalue weighted by Crippen LogP contribution is 2.15. The Morgan fingerprint density at radius 3 is 2.81 bits per heavy atom. The van der Waals surface area contributed by atoms with Crippen LogP contribution in [0.25, 0.3) is 0 Å². The quantitative estimate of drug-likeness (QED) is 0.798. The molecule has 0 aliphatic rings. The number of nitrogens with two attached hydrogens (primary N) is 1. The molecule has 5 heteroatoms. The summed E-state index contributed by atoms with van der Waals surface area (Å²) in [5.41, 5.74) is 6.01. The zero-order chi connectivity index (χ0) is 12.1. The lowest BCUT2D eigenvalue weighted by atomic mass is 10.2. The number of carbonyl (C=O) groups is 1. The molecule has 0 saturated heterocycles. The minimum Gasteiger partial charge on any atom is -0.497 e. The van der Waals surface area contributed by atoms with Crippen LogP contribution < -0.4 is 15.8 Å². The number of benzene rings is 1. The molecule has 1 atom stereocenters. The van der Waals surface area contributed by atoms with Gasteiger partial charge in [0.05, 0.1) is 13.2 Å². The normalized spacial score (nSPS) is 12.0. The number of hydrogen-bond acceptors (Lipinski definition) is 3. The van der Waals surface area contributed by atoms with Gasteiger partial charge in [0.2, 0.25) is 5.91 Å². The lowest BCUT2D eigenvalue weighted by Crippen LogP contribution is -2.37. The summed E-state index contributed by atoms with van der Waals surface area (Å²) in [4.78, 5) is 11.2. The maximum absolute atomic E-state index is 13.1. The van der Waals surface area contributed by atoms with Gasteiger partial charge in [-0.1, -0.05) is 0 Å². The Morgan fingerprint density at radius 2 is 2.25 bits per heavy atom. The number of nitrogens with one attached hydrogen (secondary N) is 1. The molecule has 0 radical (unpaired) electrons. The van der Waals surface area contributed by atoms with Gasteiger partial charge in [-0.3, -0.25) is 4.79 Å². The minimum absolute atomic E-state index is 0.231. The van der Waals surface area contributed by atoms with Gasteiger partial charge in [0.15, 0.2) is 0 Å². The average Bonchev–Trinajstić information content (AvgIpc) is 2.24. The van der Waals surface area contributed by atoms with Crippen molar-refractivity contribution in [1.29, 1.82) is 0 Å². The fourth-order valence-corrected chi connectivity index (χ4v) is 1.19. The van der Waals surface area contributed by atoms with E-state index < -0.39 is 11.9 Å². The average molecular weight is 226 g/mol. The van der Waals surface area contributed by atoms with Crippen molar-refractivity contribution in [3.05, 3.63) is 29.6 Å². The van der Waals surface area contributed by atoms with Crippen LogP contribution in [0.5, 0.6) is 5.75 Å². The lowest BCUT2D eigenvalue weighted by molar-refractivity contribution is -0.122. The molecule has 16 heavy (non-hydrogen) atoms. The number of carbonyl (C=O) groups excluding carboxylic acids is 1. The Bertz CT molecular complexity index is 380. The van der Waals surface area contributed by atoms with E-state index in [2.05, 4.69) is 5.32 Å². The molecule has 0 aliphatic heterocycles. The Morgan fingerprint density at radius 1 is 1.56 bits per heavy atom. The molecule has 0 bridgehead atoms. The molecule has 0 saturated carbocycles. The van der Waals surface area contributed by atoms with Gasteiger partial charge < -0.3 is 15.8 Å². The summed E-state index contributed by atoms with van der Waals surface area (Å²) in [5, 5.41) is 2.59. The molecule has 88 valence electrons. The van der Waals surface area contributed by atoms with Crippen molar-refractivity contribution >= 4 is 5.91 Å². The van der Waals surface area contributed by atoms with Gasteiger partial charge in [-0.05, 0) is 24.6 Å². The van der Waals surface area contributed by atoms with Crippen molar-refractivity contribution in [3.63, 3.8) is 0 Å². The number of hydrogen-bond donors (Lipinski definition) is 2. The van der Waals surface area contributed by atoms with Gasteiger partial charge in [-0.15, -0.1) is 0 Å². The highest BCUT2D eigenvalue weighted by Gasteiger charge is 2.07. The van der Waals surface area contributed by atoms with E-state index in [9.17, 15) is 9.18 Å². The summed E-state index contributed by atoms with van der Waals surface area (Å²) in [5.74, 6) is -0.252. The molecule has 0 heterocycles. The fourth-order valence-electron chi connectivity index (χ4n) is 1.19. The summed E-state index contributed by atoms with van der Waals surface area (Å²) in [6, 6.07) is 3.70. The van der Waals surface area contributed by atoms with Crippen LogP contribution in [0.4, 0.5) is 4.39 Å². The molecule has 4 nitrogen and oxygen atoms in total. The molecule has 1 aromatic carbocycles. The monoisotopic (exact) mass is 226 g/mol. The Kier molecular flexibility index (Phi) is 4.25. The SMILES string of the molecule is COc1cc(F)cc(CNC(=O)C(C)N)c1. The second kappa shape index (κ2) is 5.46. The molecular weight excluding hydrogens is 211 g/mol. The zero-order valence-corrected chi connectivity index (χ0v) is 9.29. The number of ether oxygens (including phenoxy) is 1. The van der Waals surface area contributed by atoms with Gasteiger partial charge in [0.25, 0.3) is 0 Å². The third kappa shape index (κ3) is 3.51. The molecule has 0 aliphatic carbocycles. The first-order chi connectivity index (χ1) is 7.52. The van der Waals surface area contributed by atoms with Crippen LogP contribution in [0.15, 0.2) is 18.2 Å². The van der Waals surface area contributed by atoms with Gasteiger partial charge in [0.1, 0.15) is 11.6 Å². The van der Waals surface area contributed by atoms with Crippen LogP contribution in [0.2, 0.25) is 0 Å². The standard InChI is InChI=1S/C11H15FN2O2/c1-7(13)11(15)14-6-8-3-9(12)5-10(4-8)16-2/h3-5,7H,6,13H2,1-2H3,(H,14,15). The first-order valence-electron chi connectivity index (χ1n) is 4.89. The van der Waals surface area contributed by atoms with Crippen LogP contribution in [0.3, 0.4) is 0 Å². The lowest BCUT2D eigenvalue weighted by Gasteiger charge is -2.09. The Balaban J connectivity index is 2.67. The van der Waals surface area contributed by atoms with Crippen LogP contribution in [0.1, 0.15) is 12.5 Å². The van der Waals surface area contributed by atoms with Crippen molar-refractivity contribution in [2.45, 2.75) is 19.5 Å². The van der Waals surface area contributed by atoms with E-state index in [1.807, 2.05) is 0 Å². The van der Waals surface area contributed by atoms with E-state index in [4.69, 9.17) is 10.5 Å². The molecule has 0 aromatic heterocycles. The van der Waals surface area contributed by atoms with Crippen LogP contribution in [0, 0.1) is 5.82 Å². The second-order valence-electron chi connectivity index (χ2n) is 3.51. The maximum Gasteiger partial charge on any atom is 0.236 e. The summed E-state index contributed by atoms with van der Waals surface area (Å²) in [7, 11) is 1.46. The van der Waals surface area contributed by atoms with E-state index in [-0.39, 0.29) is 12.5 Å². The number of halogens is 1. The predicted octanol–water partition coefficient (Wildman–Crippen LogP) is 0.798. The van der Waals surface area contributed by atoms with E-state index >= 15 is 0 Å². The highest BCUT2D eigenvalue weighted by atomic mass is 19.1. The van der Waals surface area contributed by atoms with E-state index in [1.165, 1.54) is 19.2 Å². The first kappa shape index (κ1) is 12.4. The van der Waals surface area contributed by atoms with Crippen molar-refractivity contribution in [2.24, 2.45) is 5.73 Å². The van der Waals surface area contributed by atoms with Crippen molar-refractivity contribution in [2.75, 3.05) is 7.11 Å². The minimum atomic E-state index is -0.574. The molecule has 0 spiro atoms. The molecular formula is C11H15FN2O2. The molecule has 0 fully saturated rings. The second-order valence-corrected chi connectivity index (χ2v) is 3.51. The van der Waals surface area contributed by atoms with Crippen molar-refractivity contribution < 1.29 is 13.9 Å². The third-order valence-electron chi connectivity index (χ3n) is 2.05. The largest absolute Gasteiger partial charge is 0.497 e. The number of amides is 1. The van der Waals surface area contributed by atoms with Gasteiger partial charge >= 0.3 is 0 Å². The van der Waals surface area contributed by atoms with Crippen molar-refractivity contribution in [1.82, 2.24) is 5.32 Å². The molecule has 1 aromatic rings. The van der Waals surface area contributed by atoms with Crippen LogP contribution in [-0.4, -0.2) is 19.1 Å². The van der Waals surface area contributed by atoms with Gasteiger partial charge in [-0.2, -0.15) is 0 Å². The number of methoxy groups -OCH3 is 1. The van der Waals surface area contributed by atoms with Crippen molar-refractivity contribution in [3.8, 4) is 5.75 Å². The number of rotatable bonds is 4. The fraction of sp³-hybridized carbons (Fsp3) is 0.364. The highest BCUT2D eigenvalue weighted by molar-refractivity contribution is 5.80. The molecule has 3 N–H and O–H groups in total. The third-order valence-corrected chi connectivity index (χ3v) is 2.05. The maximum atomic E-state index is 13.1. The zero-order valence-electron chi connectivity index (χ0n) is 9.29. The van der Waals surface area contributed by atoms with E-state index in [0.29, 0.717) is 11.3 Å². The molecule has 1 unspecified atom stereocenters. The first-order valence-corrected chi connectivity index (χ1v) is 4.89. The molecule has 1 amide bonds. The summed E-state index contributed by atoms with van der Waals surface area (Å²) >= 11 is 0. The predicted molar refractivity (Wildman–Crippen MR) is 58.4 cm³/mol. The van der Waals surface area contributed by atoms with E-state index in [1.54, 1.807) is 13.0 Å². The van der Waals surface area contributed by atoms with E-state index in [0.717, 1.165) is 0 Å². The van der Waals surface area contributed by atoms with Crippen LogP contribution >= 0.6 is 0 Å². The van der Waals surface area contributed by atoms with Gasteiger partial charge in [0, 0.05) is 12.6 Å². The molecule has 1 rings (SSSR count). The topological polar surface area (TPSA) is 64.3 Å². The smallest absolute Gasteiger partial charge is 0.236 e. The summed E-state index contributed by atoms with van der Waals surface area (Å²) < 4.78 is 18.0. The Hall–Kier alpha value is -1.62. The summed E-state index contributed by atoms with van der Waals surface area (Å²) in [6.07, 6.45) is 0. The van der Waals surface area contributed by atoms with Gasteiger partial charge in [-0.25, -0.2) is 4.39 Å². The van der Waals surface area contributed by atoms with Crippen LogP contribution in [-0.2, 0) is 11.3 Å². The Labute approximate surface area is 93.6 Å².